The number of alkyl carbamates (subject to hydrolysis) is 1. The van der Waals surface area contributed by atoms with Crippen LogP contribution in [0, 0.1) is 6.92 Å². The third kappa shape index (κ3) is 6.86. The number of nitrogens with zero attached hydrogens (tertiary/aromatic N) is 3. The number of carbonyl (C=O) groups is 1. The Bertz CT molecular complexity index is 1290. The van der Waals surface area contributed by atoms with Crippen LogP contribution >= 0.6 is 19.8 Å². The quantitative estimate of drug-likeness (QED) is 0.286. The summed E-state index contributed by atoms with van der Waals surface area (Å²) in [5.74, 6) is 1.11. The third-order valence-corrected chi connectivity index (χ3v) is 9.01. The molecule has 1 unspecified atom stereocenters. The lowest BCUT2D eigenvalue weighted by molar-refractivity contribution is -0.0404. The largest absolute Gasteiger partial charge is 0.447 e. The first-order valence-corrected chi connectivity index (χ1v) is 15.4. The Labute approximate surface area is 234 Å². The van der Waals surface area contributed by atoms with Gasteiger partial charge < -0.3 is 20.1 Å². The summed E-state index contributed by atoms with van der Waals surface area (Å²) in [6.45, 7) is 6.50. The highest BCUT2D eigenvalue weighted by Crippen LogP contribution is 2.38. The number of anilines is 2. The molecule has 2 aliphatic rings. The summed E-state index contributed by atoms with van der Waals surface area (Å²) in [6, 6.07) is 8.04. The van der Waals surface area contributed by atoms with Crippen LogP contribution in [0.5, 0.6) is 0 Å². The Morgan fingerprint density at radius 3 is 2.72 bits per heavy atom. The minimum absolute atomic E-state index is 0.0133. The third-order valence-electron chi connectivity index (χ3n) is 7.25. The smallest absolute Gasteiger partial charge is 0.407 e. The first-order chi connectivity index (χ1) is 18.9. The van der Waals surface area contributed by atoms with Crippen molar-refractivity contribution in [3.8, 4) is 10.4 Å². The fourth-order valence-corrected chi connectivity index (χ4v) is 6.99. The highest BCUT2D eigenvalue weighted by Gasteiger charge is 2.26. The molecule has 3 aromatic rings. The molecular weight excluding hydrogens is 533 g/mol. The maximum absolute atomic E-state index is 12.1. The van der Waals surface area contributed by atoms with Crippen molar-refractivity contribution in [2.75, 3.05) is 11.9 Å². The number of thiazole rings is 1. The number of rotatable bonds is 8. The normalized spacial score (nSPS) is 21.7. The van der Waals surface area contributed by atoms with Crippen molar-refractivity contribution in [2.24, 2.45) is 0 Å². The van der Waals surface area contributed by atoms with Gasteiger partial charge in [0.15, 0.2) is 20.5 Å². The molecule has 0 radical (unpaired) electrons. The number of aryl methyl sites for hydroxylation is 1. The maximum atomic E-state index is 12.1. The van der Waals surface area contributed by atoms with Crippen molar-refractivity contribution >= 4 is 42.7 Å². The van der Waals surface area contributed by atoms with Gasteiger partial charge in [-0.25, -0.2) is 14.5 Å². The molecule has 11 heteroatoms. The molecule has 1 saturated heterocycles. The van der Waals surface area contributed by atoms with Gasteiger partial charge in [0.2, 0.25) is 0 Å². The van der Waals surface area contributed by atoms with E-state index >= 15 is 0 Å². The van der Waals surface area contributed by atoms with E-state index < -0.39 is 0 Å². The Morgan fingerprint density at radius 2 is 2.00 bits per heavy atom. The summed E-state index contributed by atoms with van der Waals surface area (Å²) in [6.07, 6.45) is 8.36. The van der Waals surface area contributed by atoms with Crippen LogP contribution in [0.1, 0.15) is 81.6 Å². The van der Waals surface area contributed by atoms with Gasteiger partial charge in [-0.05, 0) is 77.8 Å². The van der Waals surface area contributed by atoms with E-state index in [0.29, 0.717) is 11.2 Å². The van der Waals surface area contributed by atoms with Crippen LogP contribution in [0.4, 0.5) is 16.3 Å². The van der Waals surface area contributed by atoms with E-state index in [0.717, 1.165) is 84.2 Å². The van der Waals surface area contributed by atoms with Crippen LogP contribution in [0.3, 0.4) is 0 Å². The van der Waals surface area contributed by atoms with Gasteiger partial charge in [0, 0.05) is 47.8 Å². The SMILES string of the molecule is Cc1cc(Nc2ccc(-c3cnc(C4CCC(NC(=O)OC(C)C)CC4)s3)c(P=O)c2)nn1C1CCCCO1. The minimum atomic E-state index is -0.339. The van der Waals surface area contributed by atoms with E-state index in [1.807, 2.05) is 55.9 Å². The molecule has 1 amide bonds. The Balaban J connectivity index is 1.22. The van der Waals surface area contributed by atoms with Crippen LogP contribution in [-0.4, -0.2) is 39.6 Å². The van der Waals surface area contributed by atoms with Crippen molar-refractivity contribution in [2.45, 2.75) is 90.0 Å². The second-order valence-electron chi connectivity index (χ2n) is 10.6. The molecule has 208 valence electrons. The molecule has 1 atom stereocenters. The fraction of sp³-hybridized carbons (Fsp3) is 0.536. The molecule has 0 bridgehead atoms. The molecule has 0 spiro atoms. The highest BCUT2D eigenvalue weighted by atomic mass is 32.1. The molecule has 1 aliphatic carbocycles. The van der Waals surface area contributed by atoms with Crippen LogP contribution in [0.15, 0.2) is 30.5 Å². The van der Waals surface area contributed by atoms with Gasteiger partial charge >= 0.3 is 6.09 Å². The van der Waals surface area contributed by atoms with Crippen LogP contribution in [-0.2, 0) is 14.0 Å². The molecule has 2 aromatic heterocycles. The molecular formula is C28H36N5O4PS. The standard InChI is InChI=1S/C28H36N5O4PS/c1-17(2)37-28(34)31-20-9-7-19(8-10-20)27-29-16-24(39-27)22-12-11-21(15-23(22)38-35)30-25-14-18(3)33(32-25)26-6-4-5-13-36-26/h11-12,14-17,19-20,26H,4-10,13H2,1-3H3,(H,30,32)(H,31,34). The van der Waals surface area contributed by atoms with Crippen molar-refractivity contribution in [1.82, 2.24) is 20.1 Å². The molecule has 3 heterocycles. The van der Waals surface area contributed by atoms with Gasteiger partial charge in [0.25, 0.3) is 0 Å². The lowest BCUT2D eigenvalue weighted by Gasteiger charge is -2.28. The monoisotopic (exact) mass is 569 g/mol. The summed E-state index contributed by atoms with van der Waals surface area (Å²) >= 11 is 1.66. The Morgan fingerprint density at radius 1 is 1.18 bits per heavy atom. The van der Waals surface area contributed by atoms with Crippen molar-refractivity contribution < 1.29 is 18.8 Å². The lowest BCUT2D eigenvalue weighted by atomic mass is 9.86. The maximum Gasteiger partial charge on any atom is 0.407 e. The van der Waals surface area contributed by atoms with Gasteiger partial charge in [-0.15, -0.1) is 11.3 Å². The van der Waals surface area contributed by atoms with E-state index in [9.17, 15) is 9.36 Å². The summed E-state index contributed by atoms with van der Waals surface area (Å²) in [5, 5.41) is 12.9. The number of hydrogen-bond donors (Lipinski definition) is 2. The second-order valence-corrected chi connectivity index (χ2v) is 12.3. The van der Waals surface area contributed by atoms with Crippen LogP contribution in [0.25, 0.3) is 10.4 Å². The lowest BCUT2D eigenvalue weighted by Crippen LogP contribution is -2.38. The number of nitrogens with one attached hydrogen (secondary N) is 2. The van der Waals surface area contributed by atoms with Crippen LogP contribution in [0.2, 0.25) is 0 Å². The predicted molar refractivity (Wildman–Crippen MR) is 154 cm³/mol. The van der Waals surface area contributed by atoms with Gasteiger partial charge in [-0.1, -0.05) is 6.07 Å². The zero-order valence-electron chi connectivity index (χ0n) is 22.7. The number of amides is 1. The molecule has 1 saturated carbocycles. The minimum Gasteiger partial charge on any atom is -0.447 e. The fourth-order valence-electron chi connectivity index (χ4n) is 5.30. The average Bonchev–Trinajstić information content (AvgIpc) is 3.56. The summed E-state index contributed by atoms with van der Waals surface area (Å²) in [4.78, 5) is 17.6. The molecule has 1 aliphatic heterocycles. The van der Waals surface area contributed by atoms with Crippen molar-refractivity contribution in [3.63, 3.8) is 0 Å². The highest BCUT2D eigenvalue weighted by molar-refractivity contribution is 7.34. The van der Waals surface area contributed by atoms with Gasteiger partial charge in [0.1, 0.15) is 0 Å². The molecule has 5 rings (SSSR count). The van der Waals surface area contributed by atoms with E-state index in [1.54, 1.807) is 11.3 Å². The first kappa shape index (κ1) is 27.7. The van der Waals surface area contributed by atoms with E-state index in [-0.39, 0.29) is 32.9 Å². The number of benzene rings is 1. The molecule has 1 aromatic carbocycles. The average molecular weight is 570 g/mol. The second kappa shape index (κ2) is 12.6. The molecule has 39 heavy (non-hydrogen) atoms. The van der Waals surface area contributed by atoms with Crippen molar-refractivity contribution in [3.05, 3.63) is 41.2 Å². The molecule has 2 N–H and O–H groups in total. The predicted octanol–water partition coefficient (Wildman–Crippen LogP) is 6.84. The Kier molecular flexibility index (Phi) is 8.95. The number of hydrogen-bond acceptors (Lipinski definition) is 8. The summed E-state index contributed by atoms with van der Waals surface area (Å²) in [5.41, 5.74) is 2.80. The summed E-state index contributed by atoms with van der Waals surface area (Å²) in [7, 11) is -0.0458. The number of aromatic nitrogens is 3. The van der Waals surface area contributed by atoms with Gasteiger partial charge in [-0.2, -0.15) is 5.10 Å². The van der Waals surface area contributed by atoms with Crippen molar-refractivity contribution in [1.29, 1.82) is 0 Å². The van der Waals surface area contributed by atoms with Crippen LogP contribution < -0.4 is 15.9 Å². The summed E-state index contributed by atoms with van der Waals surface area (Å²) < 4.78 is 25.2. The van der Waals surface area contributed by atoms with Gasteiger partial charge in [-0.3, -0.25) is 4.57 Å². The first-order valence-electron chi connectivity index (χ1n) is 13.7. The zero-order valence-corrected chi connectivity index (χ0v) is 24.4. The Hall–Kier alpha value is -2.81. The van der Waals surface area contributed by atoms with Gasteiger partial charge in [0.05, 0.1) is 21.3 Å². The zero-order chi connectivity index (χ0) is 27.4. The number of carbonyl (C=O) groups excluding carboxylic acids is 1. The van der Waals surface area contributed by atoms with E-state index in [1.165, 1.54) is 0 Å². The molecule has 2 fully saturated rings. The number of ether oxygens (including phenoxy) is 2. The van der Waals surface area contributed by atoms with E-state index in [2.05, 4.69) is 10.6 Å². The topological polar surface area (TPSA) is 107 Å². The van der Waals surface area contributed by atoms with E-state index in [4.69, 9.17) is 19.6 Å². The molecule has 9 nitrogen and oxygen atoms in total.